The standard InChI is InChI=1S/C22H23N5O2/c28-21-8-5-16-13-17(6-7-18(16)24-21)25-9-11-26(12-10-25)22(29)14-27-15-23-19-3-1-2-4-20(19)27/h1-4,6-7,13,15H,5,8-12,14H2,(H,24,28). The number of anilines is 2. The topological polar surface area (TPSA) is 70.5 Å². The molecule has 1 N–H and O–H groups in total. The smallest absolute Gasteiger partial charge is 0.242 e. The van der Waals surface area contributed by atoms with Gasteiger partial charge in [-0.1, -0.05) is 12.1 Å². The van der Waals surface area contributed by atoms with Crippen molar-refractivity contribution < 1.29 is 9.59 Å². The van der Waals surface area contributed by atoms with E-state index in [1.165, 1.54) is 5.56 Å². The van der Waals surface area contributed by atoms with Crippen LogP contribution < -0.4 is 10.2 Å². The molecule has 1 fully saturated rings. The van der Waals surface area contributed by atoms with E-state index in [0.29, 0.717) is 26.1 Å². The molecule has 2 aliphatic rings. The minimum Gasteiger partial charge on any atom is -0.368 e. The van der Waals surface area contributed by atoms with Crippen LogP contribution in [0, 0.1) is 0 Å². The van der Waals surface area contributed by atoms with Crippen molar-refractivity contribution in [2.75, 3.05) is 36.4 Å². The maximum Gasteiger partial charge on any atom is 0.242 e. The molecule has 7 heteroatoms. The normalized spacial score (nSPS) is 16.6. The summed E-state index contributed by atoms with van der Waals surface area (Å²) in [7, 11) is 0. The predicted octanol–water partition coefficient (Wildman–Crippen LogP) is 2.27. The van der Waals surface area contributed by atoms with E-state index in [1.54, 1.807) is 6.33 Å². The first-order valence-corrected chi connectivity index (χ1v) is 10.0. The van der Waals surface area contributed by atoms with Gasteiger partial charge in [-0.05, 0) is 42.3 Å². The zero-order chi connectivity index (χ0) is 19.8. The number of hydrogen-bond acceptors (Lipinski definition) is 4. The van der Waals surface area contributed by atoms with E-state index in [-0.39, 0.29) is 11.8 Å². The largest absolute Gasteiger partial charge is 0.368 e. The number of benzene rings is 2. The van der Waals surface area contributed by atoms with Gasteiger partial charge in [-0.15, -0.1) is 0 Å². The number of carbonyl (C=O) groups excluding carboxylic acids is 2. The van der Waals surface area contributed by atoms with E-state index in [2.05, 4.69) is 27.3 Å². The minimum absolute atomic E-state index is 0.0862. The highest BCUT2D eigenvalue weighted by molar-refractivity contribution is 5.94. The van der Waals surface area contributed by atoms with Crippen molar-refractivity contribution in [1.82, 2.24) is 14.5 Å². The van der Waals surface area contributed by atoms with Crippen molar-refractivity contribution in [2.24, 2.45) is 0 Å². The van der Waals surface area contributed by atoms with Gasteiger partial charge in [0.2, 0.25) is 11.8 Å². The third-order valence-electron chi connectivity index (χ3n) is 5.81. The lowest BCUT2D eigenvalue weighted by Crippen LogP contribution is -2.49. The van der Waals surface area contributed by atoms with Gasteiger partial charge < -0.3 is 19.7 Å². The summed E-state index contributed by atoms with van der Waals surface area (Å²) >= 11 is 0. The van der Waals surface area contributed by atoms with Crippen LogP contribution in [0.15, 0.2) is 48.8 Å². The van der Waals surface area contributed by atoms with Crippen LogP contribution in [-0.4, -0.2) is 52.4 Å². The molecule has 2 aromatic carbocycles. The Morgan fingerprint density at radius 3 is 2.72 bits per heavy atom. The SMILES string of the molecule is O=C1CCc2cc(N3CCN(C(=O)Cn4cnc5ccccc54)CC3)ccc2N1. The van der Waals surface area contributed by atoms with Crippen LogP contribution in [-0.2, 0) is 22.6 Å². The Hall–Kier alpha value is -3.35. The quantitative estimate of drug-likeness (QED) is 0.746. The molecule has 2 aliphatic heterocycles. The van der Waals surface area contributed by atoms with Crippen molar-refractivity contribution in [2.45, 2.75) is 19.4 Å². The van der Waals surface area contributed by atoms with E-state index >= 15 is 0 Å². The highest BCUT2D eigenvalue weighted by atomic mass is 16.2. The second kappa shape index (κ2) is 7.24. The lowest BCUT2D eigenvalue weighted by Gasteiger charge is -2.36. The summed E-state index contributed by atoms with van der Waals surface area (Å²) in [6, 6.07) is 14.1. The Morgan fingerprint density at radius 1 is 1.03 bits per heavy atom. The van der Waals surface area contributed by atoms with Crippen molar-refractivity contribution >= 4 is 34.2 Å². The average molecular weight is 389 g/mol. The van der Waals surface area contributed by atoms with Gasteiger partial charge in [0, 0.05) is 44.0 Å². The average Bonchev–Trinajstić information content (AvgIpc) is 3.16. The summed E-state index contributed by atoms with van der Waals surface area (Å²) in [6.45, 7) is 3.35. The summed E-state index contributed by atoms with van der Waals surface area (Å²) in [4.78, 5) is 32.9. The summed E-state index contributed by atoms with van der Waals surface area (Å²) in [6.07, 6.45) is 3.07. The molecule has 0 bridgehead atoms. The van der Waals surface area contributed by atoms with Gasteiger partial charge in [0.15, 0.2) is 0 Å². The Bertz CT molecular complexity index is 1080. The van der Waals surface area contributed by atoms with Gasteiger partial charge in [-0.3, -0.25) is 9.59 Å². The third-order valence-corrected chi connectivity index (χ3v) is 5.81. The maximum atomic E-state index is 12.8. The van der Waals surface area contributed by atoms with E-state index in [1.807, 2.05) is 39.8 Å². The predicted molar refractivity (Wildman–Crippen MR) is 112 cm³/mol. The first-order chi connectivity index (χ1) is 14.2. The molecule has 148 valence electrons. The van der Waals surface area contributed by atoms with Crippen molar-refractivity contribution in [3.63, 3.8) is 0 Å². The maximum absolute atomic E-state index is 12.8. The molecule has 0 radical (unpaired) electrons. The van der Waals surface area contributed by atoms with E-state index < -0.39 is 0 Å². The zero-order valence-electron chi connectivity index (χ0n) is 16.2. The fourth-order valence-corrected chi connectivity index (χ4v) is 4.16. The lowest BCUT2D eigenvalue weighted by atomic mass is 10.0. The third kappa shape index (κ3) is 3.44. The number of rotatable bonds is 3. The molecule has 0 aliphatic carbocycles. The van der Waals surface area contributed by atoms with E-state index in [9.17, 15) is 9.59 Å². The Labute approximate surface area is 168 Å². The Balaban J connectivity index is 1.22. The molecule has 2 amide bonds. The second-order valence-electron chi connectivity index (χ2n) is 7.62. The minimum atomic E-state index is 0.0862. The second-order valence-corrected chi connectivity index (χ2v) is 7.62. The molecule has 1 saturated heterocycles. The number of aryl methyl sites for hydroxylation is 1. The summed E-state index contributed by atoms with van der Waals surface area (Å²) < 4.78 is 1.92. The molecule has 7 nitrogen and oxygen atoms in total. The number of piperazine rings is 1. The number of hydrogen-bond donors (Lipinski definition) is 1. The summed E-state index contributed by atoms with van der Waals surface area (Å²) in [5.74, 6) is 0.212. The van der Waals surface area contributed by atoms with Gasteiger partial charge in [0.25, 0.3) is 0 Å². The number of amides is 2. The van der Waals surface area contributed by atoms with Crippen LogP contribution in [0.2, 0.25) is 0 Å². The van der Waals surface area contributed by atoms with Gasteiger partial charge in [-0.25, -0.2) is 4.98 Å². The molecular weight excluding hydrogens is 366 g/mol. The highest BCUT2D eigenvalue weighted by Crippen LogP contribution is 2.28. The van der Waals surface area contributed by atoms with Crippen LogP contribution >= 0.6 is 0 Å². The van der Waals surface area contributed by atoms with Crippen molar-refractivity contribution in [3.05, 3.63) is 54.4 Å². The number of nitrogens with one attached hydrogen (secondary N) is 1. The number of imidazole rings is 1. The van der Waals surface area contributed by atoms with E-state index in [0.717, 1.165) is 41.9 Å². The molecule has 0 spiro atoms. The Kier molecular flexibility index (Phi) is 4.42. The van der Waals surface area contributed by atoms with Gasteiger partial charge >= 0.3 is 0 Å². The lowest BCUT2D eigenvalue weighted by molar-refractivity contribution is -0.132. The number of nitrogens with zero attached hydrogens (tertiary/aromatic N) is 4. The summed E-state index contributed by atoms with van der Waals surface area (Å²) in [5.41, 5.74) is 5.17. The van der Waals surface area contributed by atoms with Gasteiger partial charge in [0.1, 0.15) is 6.54 Å². The molecule has 5 rings (SSSR count). The number of para-hydroxylation sites is 2. The fraction of sp³-hybridized carbons (Fsp3) is 0.318. The number of carbonyl (C=O) groups is 2. The monoisotopic (exact) mass is 389 g/mol. The Morgan fingerprint density at radius 2 is 1.86 bits per heavy atom. The molecule has 3 heterocycles. The van der Waals surface area contributed by atoms with Gasteiger partial charge in [-0.2, -0.15) is 0 Å². The number of aromatic nitrogens is 2. The van der Waals surface area contributed by atoms with Crippen molar-refractivity contribution in [3.8, 4) is 0 Å². The highest BCUT2D eigenvalue weighted by Gasteiger charge is 2.23. The zero-order valence-corrected chi connectivity index (χ0v) is 16.2. The van der Waals surface area contributed by atoms with Crippen LogP contribution in [0.4, 0.5) is 11.4 Å². The van der Waals surface area contributed by atoms with Gasteiger partial charge in [0.05, 0.1) is 17.4 Å². The molecule has 0 saturated carbocycles. The molecule has 0 unspecified atom stereocenters. The van der Waals surface area contributed by atoms with Crippen LogP contribution in [0.3, 0.4) is 0 Å². The van der Waals surface area contributed by atoms with Crippen LogP contribution in [0.25, 0.3) is 11.0 Å². The van der Waals surface area contributed by atoms with Crippen LogP contribution in [0.5, 0.6) is 0 Å². The first kappa shape index (κ1) is 17.7. The van der Waals surface area contributed by atoms with Crippen molar-refractivity contribution in [1.29, 1.82) is 0 Å². The molecule has 3 aromatic rings. The molecule has 29 heavy (non-hydrogen) atoms. The molecule has 0 atom stereocenters. The first-order valence-electron chi connectivity index (χ1n) is 10.0. The van der Waals surface area contributed by atoms with Crippen LogP contribution in [0.1, 0.15) is 12.0 Å². The summed E-state index contributed by atoms with van der Waals surface area (Å²) in [5, 5.41) is 2.93. The number of fused-ring (bicyclic) bond motifs is 2. The molecule has 1 aromatic heterocycles. The molecular formula is C22H23N5O2. The van der Waals surface area contributed by atoms with E-state index in [4.69, 9.17) is 0 Å². The fourth-order valence-electron chi connectivity index (χ4n) is 4.16.